The molecule has 0 fully saturated rings. The number of ketones is 1. The van der Waals surface area contributed by atoms with Crippen LogP contribution in [0.3, 0.4) is 0 Å². The Morgan fingerprint density at radius 3 is 2.65 bits per heavy atom. The minimum absolute atomic E-state index is 0.0767. The molecule has 0 aromatic rings. The van der Waals surface area contributed by atoms with E-state index in [-0.39, 0.29) is 30.4 Å². The molecule has 0 aromatic heterocycles. The van der Waals surface area contributed by atoms with Crippen LogP contribution >= 0.6 is 0 Å². The molecule has 2 atom stereocenters. The van der Waals surface area contributed by atoms with E-state index in [0.717, 1.165) is 24.0 Å². The number of carbonyl (C=O) groups excluding carboxylic acids is 2. The second-order valence-electron chi connectivity index (χ2n) is 7.11. The maximum absolute atomic E-state index is 11.9. The monoisotopic (exact) mass is 363 g/mol. The molecule has 1 aliphatic carbocycles. The van der Waals surface area contributed by atoms with Gasteiger partial charge in [-0.1, -0.05) is 24.1 Å². The van der Waals surface area contributed by atoms with Crippen LogP contribution in [-0.4, -0.2) is 40.0 Å². The molecule has 0 heterocycles. The second kappa shape index (κ2) is 10.1. The van der Waals surface area contributed by atoms with Crippen molar-refractivity contribution in [1.29, 1.82) is 0 Å². The summed E-state index contributed by atoms with van der Waals surface area (Å²) in [4.78, 5) is 33.8. The summed E-state index contributed by atoms with van der Waals surface area (Å²) in [5.41, 5.74) is 0.431. The van der Waals surface area contributed by atoms with E-state index < -0.39 is 11.6 Å². The van der Waals surface area contributed by atoms with Crippen molar-refractivity contribution in [3.63, 3.8) is 0 Å². The number of hydrogen-bond acceptors (Lipinski definition) is 4. The smallest absolute Gasteiger partial charge is 0.303 e. The van der Waals surface area contributed by atoms with Gasteiger partial charge in [-0.15, -0.1) is 0 Å². The molecule has 0 saturated heterocycles. The molecule has 0 aromatic carbocycles. The Bertz CT molecular complexity index is 628. The highest BCUT2D eigenvalue weighted by Crippen LogP contribution is 2.33. The van der Waals surface area contributed by atoms with E-state index >= 15 is 0 Å². The van der Waals surface area contributed by atoms with Crippen LogP contribution in [0, 0.1) is 5.92 Å². The van der Waals surface area contributed by atoms with Gasteiger partial charge in [-0.05, 0) is 45.3 Å². The van der Waals surface area contributed by atoms with Crippen molar-refractivity contribution in [2.75, 3.05) is 6.54 Å². The van der Waals surface area contributed by atoms with E-state index in [1.54, 1.807) is 26.0 Å². The molecule has 1 rings (SSSR count). The highest BCUT2D eigenvalue weighted by Gasteiger charge is 2.36. The lowest BCUT2D eigenvalue weighted by molar-refractivity contribution is -0.137. The number of aliphatic hydroxyl groups is 1. The van der Waals surface area contributed by atoms with E-state index in [0.29, 0.717) is 13.0 Å². The first-order chi connectivity index (χ1) is 12.1. The largest absolute Gasteiger partial charge is 0.481 e. The van der Waals surface area contributed by atoms with Crippen molar-refractivity contribution in [1.82, 2.24) is 5.32 Å². The Morgan fingerprint density at radius 2 is 2.04 bits per heavy atom. The van der Waals surface area contributed by atoms with Gasteiger partial charge in [0.1, 0.15) is 0 Å². The third-order valence-electron chi connectivity index (χ3n) is 4.36. The highest BCUT2D eigenvalue weighted by atomic mass is 16.4. The number of unbranched alkanes of at least 4 members (excludes halogenated alkanes) is 2. The maximum atomic E-state index is 11.9. The van der Waals surface area contributed by atoms with Crippen LogP contribution in [-0.2, 0) is 14.4 Å². The van der Waals surface area contributed by atoms with E-state index in [2.05, 4.69) is 5.32 Å². The summed E-state index contributed by atoms with van der Waals surface area (Å²) in [5, 5.41) is 21.8. The summed E-state index contributed by atoms with van der Waals surface area (Å²) >= 11 is 0. The summed E-state index contributed by atoms with van der Waals surface area (Å²) in [6.07, 6.45) is 8.99. The fraction of sp³-hybridized carbons (Fsp3) is 0.550. The zero-order chi connectivity index (χ0) is 19.7. The van der Waals surface area contributed by atoms with Crippen LogP contribution < -0.4 is 5.32 Å². The number of rotatable bonds is 9. The minimum atomic E-state index is -1.12. The molecule has 144 valence electrons. The topological polar surface area (TPSA) is 104 Å². The molecule has 2 unspecified atom stereocenters. The first-order valence-electron chi connectivity index (χ1n) is 8.91. The summed E-state index contributed by atoms with van der Waals surface area (Å²) in [6, 6.07) is 0. The number of nitrogens with one attached hydrogen (secondary N) is 1. The Labute approximate surface area is 154 Å². The molecule has 3 N–H and O–H groups in total. The van der Waals surface area contributed by atoms with E-state index in [4.69, 9.17) is 5.11 Å². The summed E-state index contributed by atoms with van der Waals surface area (Å²) in [6.45, 7) is 5.76. The molecule has 26 heavy (non-hydrogen) atoms. The average molecular weight is 363 g/mol. The third kappa shape index (κ3) is 7.78. The fourth-order valence-electron chi connectivity index (χ4n) is 3.05. The lowest BCUT2D eigenvalue weighted by Crippen LogP contribution is -2.39. The Morgan fingerprint density at radius 1 is 1.35 bits per heavy atom. The van der Waals surface area contributed by atoms with Gasteiger partial charge in [-0.25, -0.2) is 0 Å². The van der Waals surface area contributed by atoms with Gasteiger partial charge in [0, 0.05) is 31.4 Å². The van der Waals surface area contributed by atoms with Crippen LogP contribution in [0.25, 0.3) is 0 Å². The van der Waals surface area contributed by atoms with Gasteiger partial charge in [0.25, 0.3) is 0 Å². The summed E-state index contributed by atoms with van der Waals surface area (Å²) in [5.74, 6) is -1.35. The average Bonchev–Trinajstić information content (AvgIpc) is 2.48. The Kier molecular flexibility index (Phi) is 8.45. The zero-order valence-corrected chi connectivity index (χ0v) is 15.7. The number of carbonyl (C=O) groups is 3. The standard InChI is InChI=1S/C20H29NO5/c1-14(11-18(23)21-10-6-4-5-7-19(24)25)8-9-17-15(2)12-16(22)13-20(17,3)26/h8-9,11-12,17,26H,4-7,10,13H2,1-3H3,(H,21,23)(H,24,25)/b9-8+,14-11-. The zero-order valence-electron chi connectivity index (χ0n) is 15.7. The van der Waals surface area contributed by atoms with Crippen molar-refractivity contribution in [3.8, 4) is 0 Å². The van der Waals surface area contributed by atoms with Crippen molar-refractivity contribution >= 4 is 17.7 Å². The quantitative estimate of drug-likeness (QED) is 0.332. The summed E-state index contributed by atoms with van der Waals surface area (Å²) in [7, 11) is 0. The SMILES string of the molecule is CC1=CC(=O)CC(C)(O)C1/C=C/C(C)=C\C(=O)NCCCCCC(=O)O. The number of hydrogen-bond donors (Lipinski definition) is 3. The van der Waals surface area contributed by atoms with Crippen LogP contribution in [0.15, 0.2) is 35.5 Å². The molecule has 6 nitrogen and oxygen atoms in total. The summed E-state index contributed by atoms with van der Waals surface area (Å²) < 4.78 is 0. The van der Waals surface area contributed by atoms with Gasteiger partial charge in [0.05, 0.1) is 5.60 Å². The normalized spacial score (nSPS) is 23.8. The predicted octanol–water partition coefficient (Wildman–Crippen LogP) is 2.54. The van der Waals surface area contributed by atoms with Gasteiger partial charge in [0.2, 0.25) is 5.91 Å². The molecule has 0 saturated carbocycles. The number of aliphatic carboxylic acids is 1. The molecule has 0 spiro atoms. The first kappa shape index (κ1) is 21.8. The fourth-order valence-corrected chi connectivity index (χ4v) is 3.05. The van der Waals surface area contributed by atoms with Crippen molar-refractivity contribution in [2.24, 2.45) is 5.92 Å². The lowest BCUT2D eigenvalue weighted by Gasteiger charge is -2.34. The number of carboxylic acid groups (broad SMARTS) is 1. The molecular weight excluding hydrogens is 334 g/mol. The molecule has 1 aliphatic rings. The number of allylic oxidation sites excluding steroid dienone is 3. The molecular formula is C20H29NO5. The van der Waals surface area contributed by atoms with Crippen LogP contribution in [0.4, 0.5) is 0 Å². The molecule has 1 amide bonds. The van der Waals surface area contributed by atoms with Crippen LogP contribution in [0.5, 0.6) is 0 Å². The van der Waals surface area contributed by atoms with Gasteiger partial charge >= 0.3 is 5.97 Å². The van der Waals surface area contributed by atoms with Gasteiger partial charge in [-0.2, -0.15) is 0 Å². The van der Waals surface area contributed by atoms with Crippen LogP contribution in [0.1, 0.15) is 52.9 Å². The van der Waals surface area contributed by atoms with E-state index in [9.17, 15) is 19.5 Å². The lowest BCUT2D eigenvalue weighted by atomic mass is 9.75. The van der Waals surface area contributed by atoms with Gasteiger partial charge < -0.3 is 15.5 Å². The first-order valence-corrected chi connectivity index (χ1v) is 8.91. The molecule has 0 aliphatic heterocycles. The molecule has 0 bridgehead atoms. The van der Waals surface area contributed by atoms with Crippen molar-refractivity contribution < 1.29 is 24.6 Å². The Balaban J connectivity index is 2.48. The van der Waals surface area contributed by atoms with Crippen molar-refractivity contribution in [2.45, 2.75) is 58.5 Å². The van der Waals surface area contributed by atoms with Gasteiger partial charge in [-0.3, -0.25) is 14.4 Å². The van der Waals surface area contributed by atoms with E-state index in [1.807, 2.05) is 13.0 Å². The van der Waals surface area contributed by atoms with Crippen molar-refractivity contribution in [3.05, 3.63) is 35.5 Å². The molecule has 0 radical (unpaired) electrons. The van der Waals surface area contributed by atoms with Gasteiger partial charge in [0.15, 0.2) is 5.78 Å². The highest BCUT2D eigenvalue weighted by molar-refractivity contribution is 5.92. The van der Waals surface area contributed by atoms with Crippen LogP contribution in [0.2, 0.25) is 0 Å². The maximum Gasteiger partial charge on any atom is 0.303 e. The minimum Gasteiger partial charge on any atom is -0.481 e. The van der Waals surface area contributed by atoms with E-state index in [1.165, 1.54) is 6.08 Å². The Hall–Kier alpha value is -2.21. The third-order valence-corrected chi connectivity index (χ3v) is 4.36. The molecule has 6 heteroatoms. The number of carboxylic acids is 1. The number of amides is 1. The second-order valence-corrected chi connectivity index (χ2v) is 7.11. The predicted molar refractivity (Wildman–Crippen MR) is 99.5 cm³/mol.